The average molecular weight is 359 g/mol. The number of aliphatic hydroxyl groups excluding tert-OH is 1. The lowest BCUT2D eigenvalue weighted by atomic mass is 10.2. The first-order valence-electron chi connectivity index (χ1n) is 9.38. The summed E-state index contributed by atoms with van der Waals surface area (Å²) in [4.78, 5) is 3.64. The Morgan fingerprint density at radius 2 is 1.73 bits per heavy atom. The second-order valence-corrected chi connectivity index (χ2v) is 6.88. The second-order valence-electron chi connectivity index (χ2n) is 6.88. The van der Waals surface area contributed by atoms with E-state index >= 15 is 0 Å². The molecule has 0 aliphatic carbocycles. The van der Waals surface area contributed by atoms with Crippen LogP contribution in [0.25, 0.3) is 0 Å². The minimum atomic E-state index is -0.478. The third-order valence-corrected chi connectivity index (χ3v) is 4.96. The lowest BCUT2D eigenvalue weighted by molar-refractivity contribution is -0.903. The first-order valence-corrected chi connectivity index (χ1v) is 9.38. The number of nitrogens with zero attached hydrogens (tertiary/aromatic N) is 1. The molecule has 26 heavy (non-hydrogen) atoms. The molecule has 1 atom stereocenters. The third-order valence-electron chi connectivity index (χ3n) is 4.96. The van der Waals surface area contributed by atoms with Crippen LogP contribution in [0.2, 0.25) is 0 Å². The SMILES string of the molecule is CCc1ccc(OC[C@H](O)C[NH+]2CCN(c3ccc(F)cc3)CC2)cc1. The molecule has 0 saturated carbocycles. The molecule has 4 nitrogen and oxygen atoms in total. The number of rotatable bonds is 7. The van der Waals surface area contributed by atoms with Crippen LogP contribution >= 0.6 is 0 Å². The molecular weight excluding hydrogens is 331 g/mol. The lowest BCUT2D eigenvalue weighted by Gasteiger charge is -2.34. The van der Waals surface area contributed by atoms with E-state index in [4.69, 9.17) is 4.74 Å². The van der Waals surface area contributed by atoms with Crippen molar-refractivity contribution in [3.05, 3.63) is 59.9 Å². The number of hydrogen-bond donors (Lipinski definition) is 2. The fourth-order valence-electron chi connectivity index (χ4n) is 3.34. The van der Waals surface area contributed by atoms with Gasteiger partial charge in [0.2, 0.25) is 0 Å². The summed E-state index contributed by atoms with van der Waals surface area (Å²) in [6, 6.07) is 14.7. The molecule has 5 heteroatoms. The summed E-state index contributed by atoms with van der Waals surface area (Å²) >= 11 is 0. The molecule has 1 aliphatic heterocycles. The topological polar surface area (TPSA) is 37.1 Å². The highest BCUT2D eigenvalue weighted by Crippen LogP contribution is 2.14. The van der Waals surface area contributed by atoms with Gasteiger partial charge in [-0.1, -0.05) is 19.1 Å². The zero-order valence-electron chi connectivity index (χ0n) is 15.3. The number of halogens is 1. The number of anilines is 1. The van der Waals surface area contributed by atoms with Gasteiger partial charge in [0, 0.05) is 5.69 Å². The smallest absolute Gasteiger partial charge is 0.137 e. The number of hydrogen-bond acceptors (Lipinski definition) is 3. The number of quaternary nitrogens is 1. The molecule has 140 valence electrons. The van der Waals surface area contributed by atoms with Gasteiger partial charge in [-0.15, -0.1) is 0 Å². The van der Waals surface area contributed by atoms with Crippen LogP contribution in [0.1, 0.15) is 12.5 Å². The van der Waals surface area contributed by atoms with Crippen LogP contribution in [-0.4, -0.2) is 50.5 Å². The van der Waals surface area contributed by atoms with E-state index in [1.165, 1.54) is 22.6 Å². The fourth-order valence-corrected chi connectivity index (χ4v) is 3.34. The Labute approximate surface area is 154 Å². The van der Waals surface area contributed by atoms with Gasteiger partial charge in [0.1, 0.15) is 30.8 Å². The Morgan fingerprint density at radius 1 is 1.08 bits per heavy atom. The first kappa shape index (κ1) is 18.7. The summed E-state index contributed by atoms with van der Waals surface area (Å²) in [5.41, 5.74) is 2.34. The Balaban J connectivity index is 1.40. The zero-order valence-corrected chi connectivity index (χ0v) is 15.3. The molecule has 1 saturated heterocycles. The molecule has 1 aliphatic rings. The average Bonchev–Trinajstić information content (AvgIpc) is 2.68. The van der Waals surface area contributed by atoms with Gasteiger partial charge in [0.25, 0.3) is 0 Å². The van der Waals surface area contributed by atoms with Gasteiger partial charge in [0.15, 0.2) is 0 Å². The van der Waals surface area contributed by atoms with Crippen molar-refractivity contribution < 1.29 is 19.1 Å². The summed E-state index contributed by atoms with van der Waals surface area (Å²) in [5, 5.41) is 10.3. The van der Waals surface area contributed by atoms with Gasteiger partial charge in [-0.25, -0.2) is 4.39 Å². The largest absolute Gasteiger partial charge is 0.491 e. The lowest BCUT2D eigenvalue weighted by Crippen LogP contribution is -3.16. The van der Waals surface area contributed by atoms with E-state index in [1.807, 2.05) is 24.3 Å². The quantitative estimate of drug-likeness (QED) is 0.787. The first-order chi connectivity index (χ1) is 12.6. The highest BCUT2D eigenvalue weighted by atomic mass is 19.1. The molecule has 0 amide bonds. The van der Waals surface area contributed by atoms with Crippen molar-refractivity contribution in [3.63, 3.8) is 0 Å². The third kappa shape index (κ3) is 5.19. The maximum Gasteiger partial charge on any atom is 0.137 e. The minimum absolute atomic E-state index is 0.203. The van der Waals surface area contributed by atoms with Gasteiger partial charge in [-0.05, 0) is 48.4 Å². The fraction of sp³-hybridized carbons (Fsp3) is 0.429. The molecule has 2 aromatic carbocycles. The number of benzene rings is 2. The normalized spacial score (nSPS) is 16.5. The van der Waals surface area contributed by atoms with Crippen LogP contribution in [0, 0.1) is 5.82 Å². The van der Waals surface area contributed by atoms with E-state index in [-0.39, 0.29) is 5.82 Å². The van der Waals surface area contributed by atoms with E-state index < -0.39 is 6.10 Å². The Morgan fingerprint density at radius 3 is 2.35 bits per heavy atom. The van der Waals surface area contributed by atoms with Gasteiger partial charge < -0.3 is 19.6 Å². The molecule has 0 aromatic heterocycles. The highest BCUT2D eigenvalue weighted by Gasteiger charge is 2.22. The van der Waals surface area contributed by atoms with Gasteiger partial charge in [-0.2, -0.15) is 0 Å². The molecule has 0 unspecified atom stereocenters. The van der Waals surface area contributed by atoms with E-state index in [0.717, 1.165) is 44.0 Å². The van der Waals surface area contributed by atoms with E-state index in [1.54, 1.807) is 0 Å². The maximum atomic E-state index is 13.0. The van der Waals surface area contributed by atoms with Crippen LogP contribution in [0.3, 0.4) is 0 Å². The second kappa shape index (κ2) is 9.01. The molecule has 1 fully saturated rings. The summed E-state index contributed by atoms with van der Waals surface area (Å²) in [6.45, 7) is 6.86. The summed E-state index contributed by atoms with van der Waals surface area (Å²) in [7, 11) is 0. The van der Waals surface area contributed by atoms with Crippen molar-refractivity contribution in [1.29, 1.82) is 0 Å². The molecule has 2 aromatic rings. The molecule has 1 heterocycles. The monoisotopic (exact) mass is 359 g/mol. The van der Waals surface area contributed by atoms with Crippen molar-refractivity contribution in [1.82, 2.24) is 0 Å². The number of aliphatic hydroxyl groups is 1. The van der Waals surface area contributed by atoms with Crippen LogP contribution in [-0.2, 0) is 6.42 Å². The standard InChI is InChI=1S/C21H27FN2O2/c1-2-17-3-9-21(10-4-17)26-16-20(25)15-23-11-13-24(14-12-23)19-7-5-18(22)6-8-19/h3-10,20,25H,2,11-16H2,1H3/p+1/t20-/m1/s1. The number of nitrogens with one attached hydrogen (secondary N) is 1. The molecule has 3 rings (SSSR count). The molecular formula is C21H28FN2O2+. The van der Waals surface area contributed by atoms with Crippen LogP contribution in [0.5, 0.6) is 5.75 Å². The molecule has 0 radical (unpaired) electrons. The van der Waals surface area contributed by atoms with Crippen molar-refractivity contribution in [2.45, 2.75) is 19.4 Å². The predicted molar refractivity (Wildman–Crippen MR) is 101 cm³/mol. The van der Waals surface area contributed by atoms with Crippen molar-refractivity contribution in [2.24, 2.45) is 0 Å². The number of piperazine rings is 1. The van der Waals surface area contributed by atoms with Gasteiger partial charge in [0.05, 0.1) is 26.2 Å². The molecule has 2 N–H and O–H groups in total. The number of ether oxygens (including phenoxy) is 1. The van der Waals surface area contributed by atoms with Crippen molar-refractivity contribution >= 4 is 5.69 Å². The van der Waals surface area contributed by atoms with E-state index in [9.17, 15) is 9.50 Å². The Bertz CT molecular complexity index is 667. The number of aryl methyl sites for hydroxylation is 1. The van der Waals surface area contributed by atoms with Crippen LogP contribution < -0.4 is 14.5 Å². The predicted octanol–water partition coefficient (Wildman–Crippen LogP) is 1.53. The van der Waals surface area contributed by atoms with Gasteiger partial charge in [-0.3, -0.25) is 0 Å². The minimum Gasteiger partial charge on any atom is -0.491 e. The summed E-state index contributed by atoms with van der Waals surface area (Å²) in [6.07, 6.45) is 0.532. The van der Waals surface area contributed by atoms with Crippen LogP contribution in [0.4, 0.5) is 10.1 Å². The summed E-state index contributed by atoms with van der Waals surface area (Å²) in [5.74, 6) is 0.600. The van der Waals surface area contributed by atoms with E-state index in [2.05, 4.69) is 24.0 Å². The zero-order chi connectivity index (χ0) is 18.4. The molecule has 0 bridgehead atoms. The Kier molecular flexibility index (Phi) is 6.47. The Hall–Kier alpha value is -2.11. The van der Waals surface area contributed by atoms with Gasteiger partial charge >= 0.3 is 0 Å². The summed E-state index contributed by atoms with van der Waals surface area (Å²) < 4.78 is 18.7. The van der Waals surface area contributed by atoms with Crippen molar-refractivity contribution in [2.75, 3.05) is 44.2 Å². The van der Waals surface area contributed by atoms with E-state index in [0.29, 0.717) is 13.2 Å². The highest BCUT2D eigenvalue weighted by molar-refractivity contribution is 5.46. The van der Waals surface area contributed by atoms with Crippen molar-refractivity contribution in [3.8, 4) is 5.75 Å². The van der Waals surface area contributed by atoms with Crippen LogP contribution in [0.15, 0.2) is 48.5 Å². The molecule has 0 spiro atoms. The maximum absolute atomic E-state index is 13.0.